The first-order valence-electron chi connectivity index (χ1n) is 6.95. The number of hydrazine groups is 1. The van der Waals surface area contributed by atoms with Gasteiger partial charge in [-0.05, 0) is 18.6 Å². The molecular weight excluding hydrogens is 315 g/mol. The van der Waals surface area contributed by atoms with E-state index in [-0.39, 0.29) is 35.0 Å². The third-order valence-electron chi connectivity index (χ3n) is 4.03. The Labute approximate surface area is 130 Å². The number of halogens is 3. The van der Waals surface area contributed by atoms with E-state index in [1.54, 1.807) is 6.07 Å². The van der Waals surface area contributed by atoms with Crippen LogP contribution in [-0.2, 0) is 11.0 Å². The van der Waals surface area contributed by atoms with Gasteiger partial charge in [-0.25, -0.2) is 5.43 Å². The van der Waals surface area contributed by atoms with Gasteiger partial charge in [-0.1, -0.05) is 18.2 Å². The van der Waals surface area contributed by atoms with Gasteiger partial charge < -0.3 is 5.32 Å². The predicted molar refractivity (Wildman–Crippen MR) is 77.8 cm³/mol. The van der Waals surface area contributed by atoms with Gasteiger partial charge in [0.15, 0.2) is 0 Å². The zero-order valence-corrected chi connectivity index (χ0v) is 12.6. The van der Waals surface area contributed by atoms with Gasteiger partial charge in [0.1, 0.15) is 0 Å². The largest absolute Gasteiger partial charge is 0.416 e. The summed E-state index contributed by atoms with van der Waals surface area (Å²) in [5.41, 5.74) is 6.01. The number of hydrogen-bond acceptors (Lipinski definition) is 4. The number of nitrogens with one attached hydrogen (secondary N) is 3. The Balaban J connectivity index is 1.96. The van der Waals surface area contributed by atoms with Gasteiger partial charge in [0.05, 0.1) is 17.5 Å². The van der Waals surface area contributed by atoms with Crippen LogP contribution in [0.2, 0.25) is 0 Å². The Morgan fingerprint density at radius 1 is 1.27 bits per heavy atom. The van der Waals surface area contributed by atoms with Crippen LogP contribution in [-0.4, -0.2) is 23.9 Å². The van der Waals surface area contributed by atoms with Gasteiger partial charge in [0, 0.05) is 17.2 Å². The van der Waals surface area contributed by atoms with E-state index in [0.29, 0.717) is 5.56 Å². The number of hydrogen-bond donors (Lipinski definition) is 3. The number of amides is 1. The molecule has 0 radical (unpaired) electrons. The highest BCUT2D eigenvalue weighted by atomic mass is 32.2. The van der Waals surface area contributed by atoms with Gasteiger partial charge in [-0.15, -0.1) is 11.8 Å². The molecule has 2 aliphatic rings. The van der Waals surface area contributed by atoms with Crippen LogP contribution in [0.25, 0.3) is 0 Å². The average molecular weight is 331 g/mol. The Bertz CT molecular complexity index is 581. The van der Waals surface area contributed by atoms with Crippen molar-refractivity contribution in [2.75, 3.05) is 5.75 Å². The maximum absolute atomic E-state index is 12.9. The summed E-state index contributed by atoms with van der Waals surface area (Å²) in [6.07, 6.45) is -4.64. The van der Waals surface area contributed by atoms with Crippen LogP contribution in [0.15, 0.2) is 24.3 Å². The molecule has 4 nitrogen and oxygen atoms in total. The van der Waals surface area contributed by atoms with Crippen molar-refractivity contribution in [2.45, 2.75) is 30.6 Å². The van der Waals surface area contributed by atoms with Gasteiger partial charge in [0.2, 0.25) is 5.91 Å². The first kappa shape index (κ1) is 15.6. The zero-order chi connectivity index (χ0) is 15.9. The molecule has 4 unspecified atom stereocenters. The molecule has 4 atom stereocenters. The van der Waals surface area contributed by atoms with E-state index in [0.717, 1.165) is 6.07 Å². The minimum Gasteiger partial charge on any atom is -0.338 e. The van der Waals surface area contributed by atoms with Gasteiger partial charge in [-0.3, -0.25) is 10.2 Å². The van der Waals surface area contributed by atoms with Gasteiger partial charge in [-0.2, -0.15) is 13.2 Å². The molecule has 0 bridgehead atoms. The highest BCUT2D eigenvalue weighted by molar-refractivity contribution is 8.00. The number of carbonyl (C=O) groups is 1. The molecule has 1 amide bonds. The van der Waals surface area contributed by atoms with Crippen molar-refractivity contribution < 1.29 is 18.0 Å². The predicted octanol–water partition coefficient (Wildman–Crippen LogP) is 2.05. The smallest absolute Gasteiger partial charge is 0.338 e. The molecule has 3 rings (SSSR count). The average Bonchev–Trinajstić information content (AvgIpc) is 2.71. The van der Waals surface area contributed by atoms with Gasteiger partial charge >= 0.3 is 6.18 Å². The van der Waals surface area contributed by atoms with Crippen LogP contribution >= 0.6 is 11.8 Å². The molecule has 0 spiro atoms. The molecule has 0 saturated carbocycles. The maximum Gasteiger partial charge on any atom is 0.416 e. The normalized spacial score (nSPS) is 32.3. The van der Waals surface area contributed by atoms with Crippen LogP contribution in [0.3, 0.4) is 0 Å². The SMILES string of the molecule is CC1NNC2NC(=O)CSC(c3cccc(C(F)(F)F)c3)C12. The number of rotatable bonds is 1. The molecule has 2 heterocycles. The van der Waals surface area contributed by atoms with Crippen LogP contribution in [0.5, 0.6) is 0 Å². The summed E-state index contributed by atoms with van der Waals surface area (Å²) < 4.78 is 38.8. The molecule has 22 heavy (non-hydrogen) atoms. The Hall–Kier alpha value is -1.25. The minimum absolute atomic E-state index is 0.0278. The molecule has 0 aliphatic carbocycles. The molecule has 120 valence electrons. The van der Waals surface area contributed by atoms with Crippen molar-refractivity contribution >= 4 is 17.7 Å². The van der Waals surface area contributed by atoms with E-state index < -0.39 is 11.7 Å². The van der Waals surface area contributed by atoms with Crippen molar-refractivity contribution in [3.05, 3.63) is 35.4 Å². The molecular formula is C14H16F3N3OS. The van der Waals surface area contributed by atoms with Crippen molar-refractivity contribution in [2.24, 2.45) is 5.92 Å². The number of benzene rings is 1. The first-order valence-corrected chi connectivity index (χ1v) is 8.00. The number of thioether (sulfide) groups is 1. The number of alkyl halides is 3. The molecule has 2 fully saturated rings. The van der Waals surface area contributed by atoms with Crippen LogP contribution in [0.4, 0.5) is 13.2 Å². The fraction of sp³-hybridized carbons (Fsp3) is 0.500. The molecule has 0 aromatic heterocycles. The van der Waals surface area contributed by atoms with E-state index >= 15 is 0 Å². The van der Waals surface area contributed by atoms with E-state index in [1.807, 2.05) is 6.92 Å². The van der Waals surface area contributed by atoms with E-state index in [2.05, 4.69) is 16.2 Å². The number of carbonyl (C=O) groups excluding carboxylic acids is 1. The second-order valence-electron chi connectivity index (χ2n) is 5.55. The first-order chi connectivity index (χ1) is 10.4. The Morgan fingerprint density at radius 3 is 2.77 bits per heavy atom. The summed E-state index contributed by atoms with van der Waals surface area (Å²) in [5, 5.41) is 2.67. The molecule has 8 heteroatoms. The number of fused-ring (bicyclic) bond motifs is 1. The summed E-state index contributed by atoms with van der Waals surface area (Å²) in [6, 6.07) is 5.42. The summed E-state index contributed by atoms with van der Waals surface area (Å²) in [7, 11) is 0. The topological polar surface area (TPSA) is 53.2 Å². The van der Waals surface area contributed by atoms with Crippen molar-refractivity contribution in [3.63, 3.8) is 0 Å². The lowest BCUT2D eigenvalue weighted by atomic mass is 9.90. The lowest BCUT2D eigenvalue weighted by Gasteiger charge is -2.27. The summed E-state index contributed by atoms with van der Waals surface area (Å²) in [5.74, 6) is 0.0975. The van der Waals surface area contributed by atoms with Crippen molar-refractivity contribution in [3.8, 4) is 0 Å². The molecule has 2 aliphatic heterocycles. The quantitative estimate of drug-likeness (QED) is 0.737. The van der Waals surface area contributed by atoms with E-state index in [1.165, 1.54) is 23.9 Å². The zero-order valence-electron chi connectivity index (χ0n) is 11.8. The minimum atomic E-state index is -4.36. The Morgan fingerprint density at radius 2 is 2.05 bits per heavy atom. The van der Waals surface area contributed by atoms with Crippen molar-refractivity contribution in [1.29, 1.82) is 0 Å². The van der Waals surface area contributed by atoms with Crippen LogP contribution in [0.1, 0.15) is 23.3 Å². The molecule has 2 saturated heterocycles. The summed E-state index contributed by atoms with van der Waals surface area (Å²) >= 11 is 1.39. The third-order valence-corrected chi connectivity index (χ3v) is 5.41. The third kappa shape index (κ3) is 2.95. The second-order valence-corrected chi connectivity index (χ2v) is 6.68. The Kier molecular flexibility index (Phi) is 4.09. The molecule has 1 aromatic rings. The second kappa shape index (κ2) is 5.75. The lowest BCUT2D eigenvalue weighted by molar-refractivity contribution is -0.137. The summed E-state index contributed by atoms with van der Waals surface area (Å²) in [6.45, 7) is 1.95. The fourth-order valence-electron chi connectivity index (χ4n) is 2.97. The van der Waals surface area contributed by atoms with Crippen LogP contribution in [0, 0.1) is 5.92 Å². The lowest BCUT2D eigenvalue weighted by Crippen LogP contribution is -2.46. The summed E-state index contributed by atoms with van der Waals surface area (Å²) in [4.78, 5) is 11.8. The maximum atomic E-state index is 12.9. The molecule has 3 N–H and O–H groups in total. The highest BCUT2D eigenvalue weighted by Gasteiger charge is 2.43. The van der Waals surface area contributed by atoms with Crippen LogP contribution < -0.4 is 16.2 Å². The molecule has 1 aromatic carbocycles. The standard InChI is InChI=1S/C14H16F3N3OS/c1-7-11-12(22-6-10(21)18-13(11)20-19-7)8-3-2-4-9(5-8)14(15,16)17/h2-5,7,11-13,19-20H,6H2,1H3,(H,18,21). The highest BCUT2D eigenvalue weighted by Crippen LogP contribution is 2.43. The van der Waals surface area contributed by atoms with E-state index in [9.17, 15) is 18.0 Å². The van der Waals surface area contributed by atoms with E-state index in [4.69, 9.17) is 0 Å². The fourth-order valence-corrected chi connectivity index (χ4v) is 4.34. The monoisotopic (exact) mass is 331 g/mol. The van der Waals surface area contributed by atoms with Gasteiger partial charge in [0.25, 0.3) is 0 Å². The van der Waals surface area contributed by atoms with Crippen molar-refractivity contribution in [1.82, 2.24) is 16.2 Å².